The second-order valence-electron chi connectivity index (χ2n) is 4.69. The van der Waals surface area contributed by atoms with Crippen molar-refractivity contribution in [1.29, 1.82) is 0 Å². The van der Waals surface area contributed by atoms with Gasteiger partial charge in [-0.2, -0.15) is 0 Å². The predicted octanol–water partition coefficient (Wildman–Crippen LogP) is 3.28. The third kappa shape index (κ3) is 3.64. The molecule has 19 heavy (non-hydrogen) atoms. The predicted molar refractivity (Wildman–Crippen MR) is 74.2 cm³/mol. The Morgan fingerprint density at radius 2 is 2.26 bits per heavy atom. The molecular formula is C15H20FN3. The molecule has 0 aliphatic carbocycles. The number of halogens is 1. The lowest BCUT2D eigenvalue weighted by Gasteiger charge is -2.15. The smallest absolute Gasteiger partial charge is 0.123 e. The summed E-state index contributed by atoms with van der Waals surface area (Å²) in [6.45, 7) is 5.84. The van der Waals surface area contributed by atoms with Crippen LogP contribution in [0.2, 0.25) is 0 Å². The fourth-order valence-corrected chi connectivity index (χ4v) is 2.09. The average Bonchev–Trinajstić information content (AvgIpc) is 2.84. The van der Waals surface area contributed by atoms with Crippen molar-refractivity contribution in [1.82, 2.24) is 14.9 Å². The Morgan fingerprint density at radius 3 is 3.00 bits per heavy atom. The fourth-order valence-electron chi connectivity index (χ4n) is 2.09. The van der Waals surface area contributed by atoms with Gasteiger partial charge in [-0.05, 0) is 31.0 Å². The molecule has 0 radical (unpaired) electrons. The molecule has 1 heterocycles. The highest BCUT2D eigenvalue weighted by Gasteiger charge is 2.08. The molecule has 1 aromatic heterocycles. The Hall–Kier alpha value is -1.68. The summed E-state index contributed by atoms with van der Waals surface area (Å²) in [5.41, 5.74) is 0.952. The first-order valence-electron chi connectivity index (χ1n) is 6.69. The van der Waals surface area contributed by atoms with E-state index in [0.717, 1.165) is 24.4 Å². The summed E-state index contributed by atoms with van der Waals surface area (Å²) in [6.07, 6.45) is 4.90. The summed E-state index contributed by atoms with van der Waals surface area (Å²) in [5.74, 6) is 0.823. The quantitative estimate of drug-likeness (QED) is 0.864. The molecule has 4 heteroatoms. The van der Waals surface area contributed by atoms with Gasteiger partial charge in [-0.1, -0.05) is 19.1 Å². The highest BCUT2D eigenvalue weighted by molar-refractivity contribution is 5.19. The number of aryl methyl sites for hydroxylation is 1. The van der Waals surface area contributed by atoms with Crippen LogP contribution < -0.4 is 5.32 Å². The van der Waals surface area contributed by atoms with E-state index in [1.165, 1.54) is 6.07 Å². The van der Waals surface area contributed by atoms with Crippen molar-refractivity contribution < 1.29 is 4.39 Å². The van der Waals surface area contributed by atoms with Crippen LogP contribution in [0.1, 0.15) is 37.7 Å². The highest BCUT2D eigenvalue weighted by Crippen LogP contribution is 2.14. The molecular weight excluding hydrogens is 241 g/mol. The van der Waals surface area contributed by atoms with Crippen LogP contribution in [0, 0.1) is 5.82 Å². The number of nitrogens with one attached hydrogen (secondary N) is 1. The standard InChI is InChI=1S/C15H20FN3/c1-3-8-19-9-7-17-15(19)11-18-12(2)13-5-4-6-14(16)10-13/h4-7,9-10,12,18H,3,8,11H2,1-2H3. The average molecular weight is 261 g/mol. The SMILES string of the molecule is CCCn1ccnc1CNC(C)c1cccc(F)c1. The molecule has 1 aromatic carbocycles. The van der Waals surface area contributed by atoms with Crippen LogP contribution in [0.15, 0.2) is 36.7 Å². The molecule has 1 atom stereocenters. The van der Waals surface area contributed by atoms with Crippen LogP contribution in [0.5, 0.6) is 0 Å². The number of rotatable bonds is 6. The van der Waals surface area contributed by atoms with Gasteiger partial charge in [-0.3, -0.25) is 0 Å². The van der Waals surface area contributed by atoms with Crippen molar-refractivity contribution in [3.05, 3.63) is 53.9 Å². The maximum atomic E-state index is 13.2. The Balaban J connectivity index is 1.96. The van der Waals surface area contributed by atoms with E-state index in [9.17, 15) is 4.39 Å². The van der Waals surface area contributed by atoms with Gasteiger partial charge in [0.15, 0.2) is 0 Å². The summed E-state index contributed by atoms with van der Waals surface area (Å²) in [4.78, 5) is 4.34. The van der Waals surface area contributed by atoms with Gasteiger partial charge in [-0.15, -0.1) is 0 Å². The van der Waals surface area contributed by atoms with E-state index < -0.39 is 0 Å². The van der Waals surface area contributed by atoms with Crippen LogP contribution >= 0.6 is 0 Å². The monoisotopic (exact) mass is 261 g/mol. The second kappa shape index (κ2) is 6.48. The van der Waals surface area contributed by atoms with Crippen molar-refractivity contribution in [2.24, 2.45) is 0 Å². The van der Waals surface area contributed by atoms with Gasteiger partial charge in [-0.25, -0.2) is 9.37 Å². The van der Waals surface area contributed by atoms with E-state index in [-0.39, 0.29) is 11.9 Å². The molecule has 0 aliphatic heterocycles. The van der Waals surface area contributed by atoms with Gasteiger partial charge < -0.3 is 9.88 Å². The third-order valence-electron chi connectivity index (χ3n) is 3.18. The molecule has 0 saturated heterocycles. The number of benzene rings is 1. The van der Waals surface area contributed by atoms with Gasteiger partial charge in [0.05, 0.1) is 6.54 Å². The Morgan fingerprint density at radius 1 is 1.42 bits per heavy atom. The first-order valence-corrected chi connectivity index (χ1v) is 6.69. The first kappa shape index (κ1) is 13.7. The molecule has 0 fully saturated rings. The highest BCUT2D eigenvalue weighted by atomic mass is 19.1. The topological polar surface area (TPSA) is 29.9 Å². The number of hydrogen-bond donors (Lipinski definition) is 1. The van der Waals surface area contributed by atoms with E-state index >= 15 is 0 Å². The molecule has 0 bridgehead atoms. The largest absolute Gasteiger partial charge is 0.334 e. The van der Waals surface area contributed by atoms with Gasteiger partial charge in [0, 0.05) is 25.0 Å². The van der Waals surface area contributed by atoms with Crippen molar-refractivity contribution in [3.63, 3.8) is 0 Å². The van der Waals surface area contributed by atoms with Crippen LogP contribution in [0.25, 0.3) is 0 Å². The zero-order chi connectivity index (χ0) is 13.7. The van der Waals surface area contributed by atoms with E-state index in [4.69, 9.17) is 0 Å². The van der Waals surface area contributed by atoms with E-state index in [1.807, 2.05) is 25.4 Å². The molecule has 102 valence electrons. The molecule has 1 unspecified atom stereocenters. The lowest BCUT2D eigenvalue weighted by molar-refractivity contribution is 0.528. The summed E-state index contributed by atoms with van der Waals surface area (Å²) < 4.78 is 15.3. The van der Waals surface area contributed by atoms with Crippen molar-refractivity contribution in [3.8, 4) is 0 Å². The number of aromatic nitrogens is 2. The van der Waals surface area contributed by atoms with Crippen LogP contribution in [0.4, 0.5) is 4.39 Å². The van der Waals surface area contributed by atoms with Gasteiger partial charge >= 0.3 is 0 Å². The van der Waals surface area contributed by atoms with E-state index in [1.54, 1.807) is 12.1 Å². The Bertz CT molecular complexity index is 522. The number of hydrogen-bond acceptors (Lipinski definition) is 2. The second-order valence-corrected chi connectivity index (χ2v) is 4.69. The molecule has 0 saturated carbocycles. The maximum absolute atomic E-state index is 13.2. The zero-order valence-electron chi connectivity index (χ0n) is 11.4. The minimum absolute atomic E-state index is 0.0995. The normalized spacial score (nSPS) is 12.6. The third-order valence-corrected chi connectivity index (χ3v) is 3.18. The van der Waals surface area contributed by atoms with Crippen LogP contribution in [0.3, 0.4) is 0 Å². The van der Waals surface area contributed by atoms with Gasteiger partial charge in [0.2, 0.25) is 0 Å². The molecule has 2 aromatic rings. The summed E-state index contributed by atoms with van der Waals surface area (Å²) in [6, 6.07) is 6.79. The first-order chi connectivity index (χ1) is 9.20. The molecule has 0 spiro atoms. The van der Waals surface area contributed by atoms with E-state index in [2.05, 4.69) is 21.8 Å². The fraction of sp³-hybridized carbons (Fsp3) is 0.400. The minimum atomic E-state index is -0.196. The lowest BCUT2D eigenvalue weighted by Crippen LogP contribution is -2.20. The van der Waals surface area contributed by atoms with Crippen molar-refractivity contribution in [2.75, 3.05) is 0 Å². The van der Waals surface area contributed by atoms with Gasteiger partial charge in [0.1, 0.15) is 11.6 Å². The molecule has 1 N–H and O–H groups in total. The van der Waals surface area contributed by atoms with Crippen molar-refractivity contribution in [2.45, 2.75) is 39.4 Å². The Kier molecular flexibility index (Phi) is 4.68. The van der Waals surface area contributed by atoms with Crippen LogP contribution in [-0.2, 0) is 13.1 Å². The molecule has 0 amide bonds. The van der Waals surface area contributed by atoms with Crippen molar-refractivity contribution >= 4 is 0 Å². The molecule has 0 aliphatic rings. The summed E-state index contributed by atoms with van der Waals surface area (Å²) in [7, 11) is 0. The number of nitrogens with zero attached hydrogens (tertiary/aromatic N) is 2. The summed E-state index contributed by atoms with van der Waals surface area (Å²) in [5, 5.41) is 3.38. The molecule has 2 rings (SSSR count). The molecule has 3 nitrogen and oxygen atoms in total. The number of imidazole rings is 1. The van der Waals surface area contributed by atoms with E-state index in [0.29, 0.717) is 6.54 Å². The van der Waals surface area contributed by atoms with Crippen LogP contribution in [-0.4, -0.2) is 9.55 Å². The minimum Gasteiger partial charge on any atom is -0.334 e. The Labute approximate surface area is 113 Å². The zero-order valence-corrected chi connectivity index (χ0v) is 11.4. The lowest BCUT2D eigenvalue weighted by atomic mass is 10.1. The summed E-state index contributed by atoms with van der Waals surface area (Å²) >= 11 is 0. The maximum Gasteiger partial charge on any atom is 0.123 e. The van der Waals surface area contributed by atoms with Gasteiger partial charge in [0.25, 0.3) is 0 Å².